The maximum absolute atomic E-state index is 11.4. The van der Waals surface area contributed by atoms with E-state index in [1.807, 2.05) is 17.7 Å². The molecule has 2 N–H and O–H groups in total. The molecule has 1 aromatic heterocycles. The van der Waals surface area contributed by atoms with Crippen molar-refractivity contribution in [3.8, 4) is 0 Å². The van der Waals surface area contributed by atoms with E-state index in [4.69, 9.17) is 0 Å². The first-order chi connectivity index (χ1) is 8.01. The molecule has 17 heavy (non-hydrogen) atoms. The molecular formula is C12H19N3O2. The maximum Gasteiger partial charge on any atom is 0.323 e. The zero-order chi connectivity index (χ0) is 12.5. The number of hydrogen-bond donors (Lipinski definition) is 2. The molecule has 1 heterocycles. The Labute approximate surface area is 101 Å². The van der Waals surface area contributed by atoms with Crippen molar-refractivity contribution in [2.75, 3.05) is 0 Å². The molecule has 1 aromatic rings. The van der Waals surface area contributed by atoms with Gasteiger partial charge < -0.3 is 9.67 Å². The van der Waals surface area contributed by atoms with Crippen molar-refractivity contribution in [3.63, 3.8) is 0 Å². The number of aliphatic carboxylic acids is 1. The van der Waals surface area contributed by atoms with Crippen molar-refractivity contribution >= 4 is 5.97 Å². The Morgan fingerprint density at radius 3 is 2.88 bits per heavy atom. The SMILES string of the molecule is CC(CC(C)(NC1CC1)C(=O)O)n1ccnc1. The van der Waals surface area contributed by atoms with Gasteiger partial charge in [0, 0.05) is 24.5 Å². The number of carboxylic acid groups (broad SMARTS) is 1. The van der Waals surface area contributed by atoms with Crippen molar-refractivity contribution < 1.29 is 9.90 Å². The summed E-state index contributed by atoms with van der Waals surface area (Å²) in [5.74, 6) is -0.781. The van der Waals surface area contributed by atoms with E-state index in [2.05, 4.69) is 10.3 Å². The lowest BCUT2D eigenvalue weighted by molar-refractivity contribution is -0.145. The van der Waals surface area contributed by atoms with Gasteiger partial charge in [0.05, 0.1) is 6.33 Å². The number of aromatic nitrogens is 2. The summed E-state index contributed by atoms with van der Waals surface area (Å²) in [5.41, 5.74) is -0.856. The lowest BCUT2D eigenvalue weighted by Gasteiger charge is -2.29. The monoisotopic (exact) mass is 237 g/mol. The second kappa shape index (κ2) is 4.49. The van der Waals surface area contributed by atoms with Crippen LogP contribution in [0.1, 0.15) is 39.2 Å². The quantitative estimate of drug-likeness (QED) is 0.785. The number of hydrogen-bond acceptors (Lipinski definition) is 3. The first-order valence-corrected chi connectivity index (χ1v) is 6.00. The zero-order valence-electron chi connectivity index (χ0n) is 10.3. The molecule has 5 nitrogen and oxygen atoms in total. The van der Waals surface area contributed by atoms with Crippen LogP contribution in [0.15, 0.2) is 18.7 Å². The number of carbonyl (C=O) groups is 1. The average molecular weight is 237 g/mol. The largest absolute Gasteiger partial charge is 0.480 e. The number of nitrogens with zero attached hydrogens (tertiary/aromatic N) is 2. The molecule has 1 saturated carbocycles. The molecule has 94 valence electrons. The number of rotatable bonds is 6. The van der Waals surface area contributed by atoms with Gasteiger partial charge in [0.1, 0.15) is 5.54 Å². The highest BCUT2D eigenvalue weighted by Gasteiger charge is 2.39. The third-order valence-electron chi connectivity index (χ3n) is 3.31. The molecule has 5 heteroatoms. The van der Waals surface area contributed by atoms with Crippen molar-refractivity contribution in [2.24, 2.45) is 0 Å². The topological polar surface area (TPSA) is 67.2 Å². The fourth-order valence-electron chi connectivity index (χ4n) is 2.11. The lowest BCUT2D eigenvalue weighted by atomic mass is 9.93. The Balaban J connectivity index is 2.03. The Morgan fingerprint density at radius 2 is 2.41 bits per heavy atom. The fraction of sp³-hybridized carbons (Fsp3) is 0.667. The summed E-state index contributed by atoms with van der Waals surface area (Å²) in [7, 11) is 0. The van der Waals surface area contributed by atoms with Crippen LogP contribution in [0.2, 0.25) is 0 Å². The maximum atomic E-state index is 11.4. The van der Waals surface area contributed by atoms with Crippen LogP contribution in [0.5, 0.6) is 0 Å². The van der Waals surface area contributed by atoms with Crippen LogP contribution in [-0.4, -0.2) is 32.2 Å². The van der Waals surface area contributed by atoms with Crippen molar-refractivity contribution in [1.29, 1.82) is 0 Å². The molecule has 0 aliphatic heterocycles. The van der Waals surface area contributed by atoms with Crippen molar-refractivity contribution in [2.45, 2.75) is 50.7 Å². The number of nitrogens with one attached hydrogen (secondary N) is 1. The van der Waals surface area contributed by atoms with Gasteiger partial charge in [0.15, 0.2) is 0 Å². The molecular weight excluding hydrogens is 218 g/mol. The van der Waals surface area contributed by atoms with Crippen LogP contribution in [0.25, 0.3) is 0 Å². The van der Waals surface area contributed by atoms with Gasteiger partial charge in [-0.3, -0.25) is 10.1 Å². The molecule has 2 unspecified atom stereocenters. The minimum absolute atomic E-state index is 0.116. The van der Waals surface area contributed by atoms with E-state index in [-0.39, 0.29) is 6.04 Å². The minimum atomic E-state index is -0.856. The van der Waals surface area contributed by atoms with Gasteiger partial charge in [-0.1, -0.05) is 0 Å². The van der Waals surface area contributed by atoms with E-state index >= 15 is 0 Å². The van der Waals surface area contributed by atoms with Gasteiger partial charge >= 0.3 is 5.97 Å². The minimum Gasteiger partial charge on any atom is -0.480 e. The Bertz CT molecular complexity index is 386. The number of imidazole rings is 1. The first-order valence-electron chi connectivity index (χ1n) is 6.00. The molecule has 1 aliphatic carbocycles. The van der Waals surface area contributed by atoms with E-state index in [0.717, 1.165) is 12.8 Å². The van der Waals surface area contributed by atoms with E-state index in [9.17, 15) is 9.90 Å². The van der Waals surface area contributed by atoms with Crippen molar-refractivity contribution in [3.05, 3.63) is 18.7 Å². The predicted octanol–water partition coefficient (Wildman–Crippen LogP) is 1.43. The smallest absolute Gasteiger partial charge is 0.323 e. The summed E-state index contributed by atoms with van der Waals surface area (Å²) in [5, 5.41) is 12.6. The second-order valence-electron chi connectivity index (χ2n) is 5.12. The van der Waals surface area contributed by atoms with Crippen molar-refractivity contribution in [1.82, 2.24) is 14.9 Å². The van der Waals surface area contributed by atoms with Crippen LogP contribution in [-0.2, 0) is 4.79 Å². The molecule has 2 rings (SSSR count). The Morgan fingerprint density at radius 1 is 1.71 bits per heavy atom. The molecule has 0 bridgehead atoms. The summed E-state index contributed by atoms with van der Waals surface area (Å²) in [6.45, 7) is 3.78. The van der Waals surface area contributed by atoms with Crippen LogP contribution < -0.4 is 5.32 Å². The van der Waals surface area contributed by atoms with Gasteiger partial charge in [-0.15, -0.1) is 0 Å². The van der Waals surface area contributed by atoms with Gasteiger partial charge in [-0.05, 0) is 33.1 Å². The first kappa shape index (κ1) is 12.1. The van der Waals surface area contributed by atoms with Crippen LogP contribution in [0.3, 0.4) is 0 Å². The Hall–Kier alpha value is -1.36. The number of carboxylic acids is 1. The van der Waals surface area contributed by atoms with Crippen LogP contribution in [0, 0.1) is 0 Å². The van der Waals surface area contributed by atoms with E-state index in [1.165, 1.54) is 0 Å². The van der Waals surface area contributed by atoms with E-state index in [1.54, 1.807) is 19.4 Å². The molecule has 0 spiro atoms. The van der Waals surface area contributed by atoms with Gasteiger partial charge in [-0.25, -0.2) is 4.98 Å². The summed E-state index contributed by atoms with van der Waals surface area (Å²) >= 11 is 0. The molecule has 0 radical (unpaired) electrons. The molecule has 2 atom stereocenters. The molecule has 0 saturated heterocycles. The molecule has 1 fully saturated rings. The summed E-state index contributed by atoms with van der Waals surface area (Å²) in [4.78, 5) is 15.4. The summed E-state index contributed by atoms with van der Waals surface area (Å²) in [6.07, 6.45) is 8.02. The molecule has 0 aromatic carbocycles. The summed E-state index contributed by atoms with van der Waals surface area (Å²) in [6, 6.07) is 0.496. The molecule has 1 aliphatic rings. The van der Waals surface area contributed by atoms with Crippen LogP contribution >= 0.6 is 0 Å². The zero-order valence-corrected chi connectivity index (χ0v) is 10.3. The Kier molecular flexibility index (Phi) is 3.19. The van der Waals surface area contributed by atoms with E-state index < -0.39 is 11.5 Å². The lowest BCUT2D eigenvalue weighted by Crippen LogP contribution is -2.51. The predicted molar refractivity (Wildman–Crippen MR) is 63.8 cm³/mol. The summed E-state index contributed by atoms with van der Waals surface area (Å²) < 4.78 is 1.94. The van der Waals surface area contributed by atoms with Gasteiger partial charge in [0.25, 0.3) is 0 Å². The standard InChI is InChI=1S/C12H19N3O2/c1-9(15-6-5-13-8-15)7-12(2,11(16)17)14-10-3-4-10/h5-6,8-10,14H,3-4,7H2,1-2H3,(H,16,17). The highest BCUT2D eigenvalue weighted by molar-refractivity contribution is 5.78. The van der Waals surface area contributed by atoms with Crippen LogP contribution in [0.4, 0.5) is 0 Å². The average Bonchev–Trinajstić information content (AvgIpc) is 2.89. The third-order valence-corrected chi connectivity index (χ3v) is 3.31. The third kappa shape index (κ3) is 2.85. The highest BCUT2D eigenvalue weighted by atomic mass is 16.4. The highest BCUT2D eigenvalue weighted by Crippen LogP contribution is 2.27. The van der Waals surface area contributed by atoms with E-state index in [0.29, 0.717) is 12.5 Å². The molecule has 0 amide bonds. The fourth-order valence-corrected chi connectivity index (χ4v) is 2.11. The normalized spacial score (nSPS) is 20.8. The van der Waals surface area contributed by atoms with Gasteiger partial charge in [0.2, 0.25) is 0 Å². The van der Waals surface area contributed by atoms with Gasteiger partial charge in [-0.2, -0.15) is 0 Å². The second-order valence-corrected chi connectivity index (χ2v) is 5.12.